The van der Waals surface area contributed by atoms with Crippen molar-refractivity contribution < 1.29 is 33.3 Å². The molecule has 1 atom stereocenters. The lowest BCUT2D eigenvalue weighted by molar-refractivity contribution is -0.139. The average molecular weight is 695 g/mol. The molecule has 12 nitrogen and oxygen atoms in total. The number of rotatable bonds is 10. The Kier molecular flexibility index (Phi) is 9.68. The molecule has 13 heteroatoms. The normalized spacial score (nSPS) is 14.1. The van der Waals surface area contributed by atoms with Gasteiger partial charge in [-0.05, 0) is 68.0 Å². The number of methoxy groups -OCH3 is 3. The number of fused-ring (bicyclic) bond motifs is 1. The number of thiazole rings is 1. The molecule has 0 radical (unpaired) electrons. The van der Waals surface area contributed by atoms with Gasteiger partial charge in [-0.25, -0.2) is 14.5 Å². The summed E-state index contributed by atoms with van der Waals surface area (Å²) in [5.74, 6) is 0.435. The van der Waals surface area contributed by atoms with Crippen molar-refractivity contribution >= 4 is 29.4 Å². The number of hydrogen-bond acceptors (Lipinski definition) is 11. The Hall–Kier alpha value is -5.95. The fourth-order valence-corrected chi connectivity index (χ4v) is 6.79. The van der Waals surface area contributed by atoms with Gasteiger partial charge in [0.15, 0.2) is 27.8 Å². The van der Waals surface area contributed by atoms with Gasteiger partial charge in [0.25, 0.3) is 5.56 Å². The number of esters is 2. The second-order valence-corrected chi connectivity index (χ2v) is 12.1. The van der Waals surface area contributed by atoms with E-state index in [0.29, 0.717) is 43.4 Å². The topological polar surface area (TPSA) is 132 Å². The molecule has 0 bridgehead atoms. The third-order valence-corrected chi connectivity index (χ3v) is 8.96. The van der Waals surface area contributed by atoms with E-state index in [2.05, 4.69) is 0 Å². The van der Waals surface area contributed by atoms with Crippen LogP contribution in [0.3, 0.4) is 0 Å². The van der Waals surface area contributed by atoms with Crippen molar-refractivity contribution in [1.82, 2.24) is 14.3 Å². The fourth-order valence-electron chi connectivity index (χ4n) is 5.76. The number of carbonyl (C=O) groups is 2. The molecule has 6 rings (SSSR count). The lowest BCUT2D eigenvalue weighted by Crippen LogP contribution is -2.40. The van der Waals surface area contributed by atoms with Crippen LogP contribution in [0.1, 0.15) is 37.9 Å². The molecule has 50 heavy (non-hydrogen) atoms. The highest BCUT2D eigenvalue weighted by atomic mass is 32.1. The smallest absolute Gasteiger partial charge is 0.338 e. The van der Waals surface area contributed by atoms with Crippen molar-refractivity contribution in [2.45, 2.75) is 26.8 Å². The Labute approximate surface area is 291 Å². The Balaban J connectivity index is 1.56. The Morgan fingerprint density at radius 3 is 2.30 bits per heavy atom. The van der Waals surface area contributed by atoms with E-state index in [1.54, 1.807) is 63.1 Å². The van der Waals surface area contributed by atoms with E-state index in [9.17, 15) is 14.4 Å². The molecule has 3 aromatic carbocycles. The molecule has 0 spiro atoms. The standard InChI is InChI=1S/C37H34N4O8S/c1-7-48-36(44)32-21(2)38-37-41(34(32)24-14-16-28(49-22(3)42)30(18-24)47-6)35(43)31(50-37)19-25-20-40(26-11-9-8-10-12-26)39-33(25)23-13-15-27(45-4)29(17-23)46-5/h8-20,34H,7H2,1-6H3/b31-19-. The first-order chi connectivity index (χ1) is 24.2. The lowest BCUT2D eigenvalue weighted by atomic mass is 9.95. The molecule has 256 valence electrons. The average Bonchev–Trinajstić information content (AvgIpc) is 3.68. The molecule has 0 saturated carbocycles. The van der Waals surface area contributed by atoms with Crippen molar-refractivity contribution in [3.8, 4) is 39.9 Å². The molecule has 0 aliphatic carbocycles. The summed E-state index contributed by atoms with van der Waals surface area (Å²) in [6, 6.07) is 19.1. The number of allylic oxidation sites excluding steroid dienone is 1. The molecule has 2 aromatic heterocycles. The molecular formula is C37H34N4O8S. The molecule has 3 heterocycles. The maximum atomic E-state index is 14.5. The van der Waals surface area contributed by atoms with Gasteiger partial charge in [-0.1, -0.05) is 35.6 Å². The van der Waals surface area contributed by atoms with E-state index in [0.717, 1.165) is 11.3 Å². The van der Waals surface area contributed by atoms with Crippen molar-refractivity contribution in [1.29, 1.82) is 0 Å². The highest BCUT2D eigenvalue weighted by molar-refractivity contribution is 7.07. The zero-order valence-electron chi connectivity index (χ0n) is 28.3. The summed E-state index contributed by atoms with van der Waals surface area (Å²) >= 11 is 1.19. The van der Waals surface area contributed by atoms with Gasteiger partial charge in [0.1, 0.15) is 5.69 Å². The molecule has 0 N–H and O–H groups in total. The van der Waals surface area contributed by atoms with Crippen molar-refractivity contribution in [3.63, 3.8) is 0 Å². The highest BCUT2D eigenvalue weighted by Gasteiger charge is 2.34. The third-order valence-electron chi connectivity index (χ3n) is 7.98. The van der Waals surface area contributed by atoms with Crippen LogP contribution in [-0.2, 0) is 14.3 Å². The second kappa shape index (κ2) is 14.3. The van der Waals surface area contributed by atoms with Crippen molar-refractivity contribution in [2.24, 2.45) is 4.99 Å². The minimum atomic E-state index is -0.912. The summed E-state index contributed by atoms with van der Waals surface area (Å²) in [4.78, 5) is 44.7. The van der Waals surface area contributed by atoms with Gasteiger partial charge in [-0.15, -0.1) is 0 Å². The van der Waals surface area contributed by atoms with Gasteiger partial charge in [-0.2, -0.15) is 5.10 Å². The monoisotopic (exact) mass is 694 g/mol. The zero-order valence-corrected chi connectivity index (χ0v) is 29.1. The molecule has 5 aromatic rings. The van der Waals surface area contributed by atoms with Gasteiger partial charge in [0, 0.05) is 24.2 Å². The van der Waals surface area contributed by atoms with Crippen LogP contribution in [-0.4, -0.2) is 54.2 Å². The van der Waals surface area contributed by atoms with Crippen LogP contribution in [0.2, 0.25) is 0 Å². The maximum Gasteiger partial charge on any atom is 0.338 e. The molecule has 0 fully saturated rings. The van der Waals surface area contributed by atoms with Crippen LogP contribution in [0.15, 0.2) is 94.0 Å². The van der Waals surface area contributed by atoms with Crippen LogP contribution >= 0.6 is 11.3 Å². The number of aromatic nitrogens is 3. The van der Waals surface area contributed by atoms with Crippen molar-refractivity contribution in [2.75, 3.05) is 27.9 Å². The first-order valence-corrected chi connectivity index (χ1v) is 16.4. The minimum absolute atomic E-state index is 0.131. The van der Waals surface area contributed by atoms with Gasteiger partial charge in [0.05, 0.1) is 55.5 Å². The lowest BCUT2D eigenvalue weighted by Gasteiger charge is -2.25. The molecular weight excluding hydrogens is 660 g/mol. The maximum absolute atomic E-state index is 14.5. The van der Waals surface area contributed by atoms with Crippen LogP contribution in [0, 0.1) is 0 Å². The summed E-state index contributed by atoms with van der Waals surface area (Å²) in [7, 11) is 4.57. The number of hydrogen-bond donors (Lipinski definition) is 0. The van der Waals surface area contributed by atoms with E-state index < -0.39 is 18.0 Å². The quantitative estimate of drug-likeness (QED) is 0.152. The predicted octanol–water partition coefficient (Wildman–Crippen LogP) is 4.60. The molecule has 1 aliphatic heterocycles. The number of benzene rings is 3. The summed E-state index contributed by atoms with van der Waals surface area (Å²) in [6.07, 6.45) is 3.62. The van der Waals surface area contributed by atoms with E-state index >= 15 is 0 Å². The molecule has 0 saturated heterocycles. The first kappa shape index (κ1) is 33.9. The largest absolute Gasteiger partial charge is 0.493 e. The SMILES string of the molecule is CCOC(=O)C1=C(C)N=c2s/c(=C\c3cn(-c4ccccc4)nc3-c3ccc(OC)c(OC)c3)c(=O)n2C1c1ccc(OC(C)=O)c(OC)c1. The Morgan fingerprint density at radius 1 is 0.920 bits per heavy atom. The summed E-state index contributed by atoms with van der Waals surface area (Å²) < 4.78 is 30.9. The summed E-state index contributed by atoms with van der Waals surface area (Å²) in [6.45, 7) is 4.84. The van der Waals surface area contributed by atoms with Gasteiger partial charge in [-0.3, -0.25) is 14.2 Å². The van der Waals surface area contributed by atoms with Gasteiger partial charge < -0.3 is 23.7 Å². The van der Waals surface area contributed by atoms with E-state index in [1.807, 2.05) is 48.7 Å². The predicted molar refractivity (Wildman–Crippen MR) is 187 cm³/mol. The van der Waals surface area contributed by atoms with Gasteiger partial charge in [0.2, 0.25) is 0 Å². The number of ether oxygens (including phenoxy) is 5. The molecule has 0 amide bonds. The fraction of sp³-hybridized carbons (Fsp3) is 0.216. The van der Waals surface area contributed by atoms with E-state index in [-0.39, 0.29) is 29.2 Å². The third kappa shape index (κ3) is 6.42. The highest BCUT2D eigenvalue weighted by Crippen LogP contribution is 2.37. The Morgan fingerprint density at radius 2 is 1.62 bits per heavy atom. The van der Waals surface area contributed by atoms with Crippen LogP contribution < -0.4 is 33.8 Å². The Bertz CT molecular complexity index is 2320. The summed E-state index contributed by atoms with van der Waals surface area (Å²) in [5.41, 5.74) is 3.62. The van der Waals surface area contributed by atoms with Crippen LogP contribution in [0.25, 0.3) is 23.0 Å². The van der Waals surface area contributed by atoms with Crippen LogP contribution in [0.5, 0.6) is 23.0 Å². The van der Waals surface area contributed by atoms with E-state index in [1.165, 1.54) is 29.9 Å². The summed E-state index contributed by atoms with van der Waals surface area (Å²) in [5, 5.41) is 4.91. The first-order valence-electron chi connectivity index (χ1n) is 15.6. The number of nitrogens with zero attached hydrogens (tertiary/aromatic N) is 4. The van der Waals surface area contributed by atoms with Crippen LogP contribution in [0.4, 0.5) is 0 Å². The zero-order chi connectivity index (χ0) is 35.5. The van der Waals surface area contributed by atoms with Gasteiger partial charge >= 0.3 is 11.9 Å². The number of para-hydroxylation sites is 1. The van der Waals surface area contributed by atoms with E-state index in [4.69, 9.17) is 33.8 Å². The molecule has 1 unspecified atom stereocenters. The molecule has 1 aliphatic rings. The number of carbonyl (C=O) groups excluding carboxylic acids is 2. The minimum Gasteiger partial charge on any atom is -0.493 e. The second-order valence-electron chi connectivity index (χ2n) is 11.1. The van der Waals surface area contributed by atoms with Crippen molar-refractivity contribution in [3.05, 3.63) is 115 Å².